The van der Waals surface area contributed by atoms with Crippen molar-refractivity contribution in [1.82, 2.24) is 5.32 Å². The van der Waals surface area contributed by atoms with E-state index in [1.54, 1.807) is 14.2 Å². The zero-order valence-electron chi connectivity index (χ0n) is 12.9. The van der Waals surface area contributed by atoms with E-state index in [4.69, 9.17) is 21.1 Å². The SMILES string of the molecule is CNC1CC2CCC(C1)N2c1cc(Cl)c(OC)cc1OC. The fraction of sp³-hybridized carbons (Fsp3) is 0.625. The van der Waals surface area contributed by atoms with Crippen molar-refractivity contribution in [3.63, 3.8) is 0 Å². The predicted octanol–water partition coefficient (Wildman–Crippen LogP) is 3.08. The molecule has 2 bridgehead atoms. The predicted molar refractivity (Wildman–Crippen MR) is 85.9 cm³/mol. The van der Waals surface area contributed by atoms with Crippen LogP contribution in [0.1, 0.15) is 25.7 Å². The van der Waals surface area contributed by atoms with Gasteiger partial charge < -0.3 is 19.7 Å². The number of benzene rings is 1. The van der Waals surface area contributed by atoms with Crippen molar-refractivity contribution in [2.24, 2.45) is 0 Å². The number of ether oxygens (including phenoxy) is 2. The van der Waals surface area contributed by atoms with E-state index in [0.29, 0.717) is 28.9 Å². The number of nitrogens with one attached hydrogen (secondary N) is 1. The van der Waals surface area contributed by atoms with Crippen LogP contribution in [0, 0.1) is 0 Å². The lowest BCUT2D eigenvalue weighted by Gasteiger charge is -2.41. The molecular formula is C16H23ClN2O2. The van der Waals surface area contributed by atoms with Crippen LogP contribution in [0.2, 0.25) is 5.02 Å². The molecule has 0 spiro atoms. The summed E-state index contributed by atoms with van der Waals surface area (Å²) in [5, 5.41) is 4.07. The zero-order chi connectivity index (χ0) is 15.0. The molecule has 0 amide bonds. The number of piperidine rings is 1. The Labute approximate surface area is 131 Å². The molecule has 0 aliphatic carbocycles. The maximum Gasteiger partial charge on any atom is 0.145 e. The lowest BCUT2D eigenvalue weighted by molar-refractivity contribution is 0.362. The molecule has 2 heterocycles. The Morgan fingerprint density at radius 3 is 2.24 bits per heavy atom. The van der Waals surface area contributed by atoms with Crippen LogP contribution in [0.5, 0.6) is 11.5 Å². The van der Waals surface area contributed by atoms with Crippen molar-refractivity contribution in [2.45, 2.75) is 43.8 Å². The molecule has 4 nitrogen and oxygen atoms in total. The number of rotatable bonds is 4. The van der Waals surface area contributed by atoms with Gasteiger partial charge in [0.1, 0.15) is 11.5 Å². The van der Waals surface area contributed by atoms with E-state index < -0.39 is 0 Å². The van der Waals surface area contributed by atoms with Crippen LogP contribution in [0.15, 0.2) is 12.1 Å². The molecule has 116 valence electrons. The fourth-order valence-electron chi connectivity index (χ4n) is 3.85. The number of anilines is 1. The molecule has 1 aromatic rings. The van der Waals surface area contributed by atoms with E-state index in [-0.39, 0.29) is 0 Å². The van der Waals surface area contributed by atoms with Crippen LogP contribution < -0.4 is 19.7 Å². The van der Waals surface area contributed by atoms with E-state index in [9.17, 15) is 0 Å². The number of methoxy groups -OCH3 is 2. The van der Waals surface area contributed by atoms with Gasteiger partial charge in [-0.05, 0) is 38.8 Å². The van der Waals surface area contributed by atoms with Crippen LogP contribution in [0.4, 0.5) is 5.69 Å². The van der Waals surface area contributed by atoms with Crippen molar-refractivity contribution in [3.05, 3.63) is 17.2 Å². The highest BCUT2D eigenvalue weighted by atomic mass is 35.5. The van der Waals surface area contributed by atoms with Gasteiger partial charge in [0, 0.05) is 24.2 Å². The summed E-state index contributed by atoms with van der Waals surface area (Å²) < 4.78 is 10.9. The van der Waals surface area contributed by atoms with Crippen LogP contribution in [-0.2, 0) is 0 Å². The molecule has 2 saturated heterocycles. The standard InChI is InChI=1S/C16H23ClN2O2/c1-18-10-6-11-4-5-12(7-10)19(11)14-8-13(17)15(20-2)9-16(14)21-3/h8-12,18H,4-7H2,1-3H3. The lowest BCUT2D eigenvalue weighted by atomic mass is 9.96. The monoisotopic (exact) mass is 310 g/mol. The highest BCUT2D eigenvalue weighted by Crippen LogP contribution is 2.45. The summed E-state index contributed by atoms with van der Waals surface area (Å²) in [6.07, 6.45) is 4.85. The number of hydrogen-bond donors (Lipinski definition) is 1. The van der Waals surface area contributed by atoms with Crippen molar-refractivity contribution < 1.29 is 9.47 Å². The quantitative estimate of drug-likeness (QED) is 0.926. The lowest BCUT2D eigenvalue weighted by Crippen LogP contribution is -2.48. The van der Waals surface area contributed by atoms with Crippen molar-refractivity contribution in [2.75, 3.05) is 26.2 Å². The topological polar surface area (TPSA) is 33.7 Å². The average Bonchev–Trinajstić information content (AvgIpc) is 2.76. The molecule has 1 N–H and O–H groups in total. The highest BCUT2D eigenvalue weighted by molar-refractivity contribution is 6.32. The summed E-state index contributed by atoms with van der Waals surface area (Å²) in [5.41, 5.74) is 1.10. The fourth-order valence-corrected chi connectivity index (χ4v) is 4.09. The van der Waals surface area contributed by atoms with Gasteiger partial charge in [-0.2, -0.15) is 0 Å². The van der Waals surface area contributed by atoms with Gasteiger partial charge in [-0.3, -0.25) is 0 Å². The van der Waals surface area contributed by atoms with Gasteiger partial charge in [0.2, 0.25) is 0 Å². The summed E-state index contributed by atoms with van der Waals surface area (Å²) >= 11 is 6.33. The molecule has 21 heavy (non-hydrogen) atoms. The van der Waals surface area contributed by atoms with Gasteiger partial charge >= 0.3 is 0 Å². The first-order valence-electron chi connectivity index (χ1n) is 7.55. The molecule has 2 aliphatic heterocycles. The minimum absolute atomic E-state index is 0.569. The zero-order valence-corrected chi connectivity index (χ0v) is 13.6. The summed E-state index contributed by atoms with van der Waals surface area (Å²) in [7, 11) is 5.39. The largest absolute Gasteiger partial charge is 0.495 e. The molecule has 0 radical (unpaired) electrons. The molecule has 3 rings (SSSR count). The Hall–Kier alpha value is -1.13. The van der Waals surface area contributed by atoms with E-state index in [1.807, 2.05) is 12.1 Å². The van der Waals surface area contributed by atoms with Gasteiger partial charge in [-0.1, -0.05) is 11.6 Å². The summed E-state index contributed by atoms with van der Waals surface area (Å²) in [6, 6.07) is 5.64. The Morgan fingerprint density at radius 2 is 1.71 bits per heavy atom. The second-order valence-corrected chi connectivity index (χ2v) is 6.32. The maximum atomic E-state index is 6.33. The molecule has 2 aliphatic rings. The Bertz CT molecular complexity index is 509. The molecule has 1 aromatic carbocycles. The number of nitrogens with zero attached hydrogens (tertiary/aromatic N) is 1. The molecule has 0 saturated carbocycles. The number of fused-ring (bicyclic) bond motifs is 2. The molecule has 2 atom stereocenters. The Balaban J connectivity index is 1.96. The van der Waals surface area contributed by atoms with Crippen molar-refractivity contribution in [3.8, 4) is 11.5 Å². The van der Waals surface area contributed by atoms with Gasteiger partial charge in [0.25, 0.3) is 0 Å². The van der Waals surface area contributed by atoms with E-state index >= 15 is 0 Å². The molecule has 2 fully saturated rings. The van der Waals surface area contributed by atoms with Gasteiger partial charge in [-0.15, -0.1) is 0 Å². The van der Waals surface area contributed by atoms with Crippen molar-refractivity contribution >= 4 is 17.3 Å². The number of halogens is 1. The molecule has 0 aromatic heterocycles. The second-order valence-electron chi connectivity index (χ2n) is 5.91. The van der Waals surface area contributed by atoms with Crippen LogP contribution in [0.3, 0.4) is 0 Å². The van der Waals surface area contributed by atoms with Crippen LogP contribution >= 0.6 is 11.6 Å². The first-order chi connectivity index (χ1) is 10.2. The van der Waals surface area contributed by atoms with E-state index in [0.717, 1.165) is 11.4 Å². The summed E-state index contributed by atoms with van der Waals surface area (Å²) in [5.74, 6) is 1.51. The Morgan fingerprint density at radius 1 is 1.10 bits per heavy atom. The number of hydrogen-bond acceptors (Lipinski definition) is 4. The van der Waals surface area contributed by atoms with Gasteiger partial charge in [0.05, 0.1) is 24.9 Å². The third-order valence-corrected chi connectivity index (χ3v) is 5.17. The normalized spacial score (nSPS) is 27.8. The third-order valence-electron chi connectivity index (χ3n) is 4.87. The maximum absolute atomic E-state index is 6.33. The van der Waals surface area contributed by atoms with Gasteiger partial charge in [0.15, 0.2) is 0 Å². The first-order valence-corrected chi connectivity index (χ1v) is 7.92. The van der Waals surface area contributed by atoms with E-state index in [2.05, 4.69) is 17.3 Å². The minimum atomic E-state index is 0.569. The van der Waals surface area contributed by atoms with Crippen molar-refractivity contribution in [1.29, 1.82) is 0 Å². The average molecular weight is 311 g/mol. The molecule has 5 heteroatoms. The third kappa shape index (κ3) is 2.55. The van der Waals surface area contributed by atoms with Crippen LogP contribution in [0.25, 0.3) is 0 Å². The first kappa shape index (κ1) is 14.8. The van der Waals surface area contributed by atoms with E-state index in [1.165, 1.54) is 25.7 Å². The molecule has 2 unspecified atom stereocenters. The Kier molecular flexibility index (Phi) is 4.18. The summed E-state index contributed by atoms with van der Waals surface area (Å²) in [4.78, 5) is 2.51. The highest BCUT2D eigenvalue weighted by Gasteiger charge is 2.41. The smallest absolute Gasteiger partial charge is 0.145 e. The molecular weight excluding hydrogens is 288 g/mol. The minimum Gasteiger partial charge on any atom is -0.495 e. The van der Waals surface area contributed by atoms with Crippen LogP contribution in [-0.4, -0.2) is 39.4 Å². The second kappa shape index (κ2) is 5.93. The summed E-state index contributed by atoms with van der Waals surface area (Å²) in [6.45, 7) is 0. The van der Waals surface area contributed by atoms with Gasteiger partial charge in [-0.25, -0.2) is 0 Å².